The average molecular weight is 300 g/mol. The Labute approximate surface area is 128 Å². The summed E-state index contributed by atoms with van der Waals surface area (Å²) in [5.41, 5.74) is -1.34. The molecule has 0 amide bonds. The number of nitrogens with zero attached hydrogens (tertiary/aromatic N) is 4. The van der Waals surface area contributed by atoms with E-state index in [0.717, 1.165) is 5.56 Å². The molecule has 0 saturated heterocycles. The van der Waals surface area contributed by atoms with Crippen LogP contribution in [0.4, 0.5) is 4.39 Å². The molecule has 1 aromatic heterocycles. The highest BCUT2D eigenvalue weighted by molar-refractivity contribution is 5.23. The van der Waals surface area contributed by atoms with Gasteiger partial charge in [-0.1, -0.05) is 12.1 Å². The van der Waals surface area contributed by atoms with Crippen LogP contribution in [0.25, 0.3) is 0 Å². The fourth-order valence-corrected chi connectivity index (χ4v) is 2.91. The monoisotopic (exact) mass is 300 g/mol. The number of benzene rings is 1. The summed E-state index contributed by atoms with van der Waals surface area (Å²) in [6.07, 6.45) is 2.47. The van der Waals surface area contributed by atoms with Gasteiger partial charge in [-0.2, -0.15) is 10.4 Å². The van der Waals surface area contributed by atoms with Crippen LogP contribution in [-0.2, 0) is 6.42 Å². The highest BCUT2D eigenvalue weighted by Crippen LogP contribution is 2.47. The Bertz CT molecular complexity index is 705. The lowest BCUT2D eigenvalue weighted by atomic mass is 9.68. The molecule has 0 fully saturated rings. The fraction of sp³-hybridized carbons (Fsp3) is 0.438. The van der Waals surface area contributed by atoms with Crippen molar-refractivity contribution in [2.75, 3.05) is 0 Å². The third-order valence-electron chi connectivity index (χ3n) is 4.56. The predicted molar refractivity (Wildman–Crippen MR) is 77.2 cm³/mol. The Morgan fingerprint density at radius 2 is 2.05 bits per heavy atom. The Hall–Kier alpha value is -2.26. The third kappa shape index (κ3) is 2.09. The van der Waals surface area contributed by atoms with Crippen LogP contribution in [-0.4, -0.2) is 25.5 Å². The van der Waals surface area contributed by atoms with Gasteiger partial charge in [-0.15, -0.1) is 0 Å². The molecule has 0 saturated carbocycles. The van der Waals surface area contributed by atoms with E-state index < -0.39 is 11.0 Å². The van der Waals surface area contributed by atoms with Gasteiger partial charge in [0.1, 0.15) is 23.8 Å². The van der Waals surface area contributed by atoms with Crippen molar-refractivity contribution < 1.29 is 9.50 Å². The second-order valence-electron chi connectivity index (χ2n) is 6.27. The fourth-order valence-electron chi connectivity index (χ4n) is 2.91. The van der Waals surface area contributed by atoms with Crippen LogP contribution >= 0.6 is 0 Å². The van der Waals surface area contributed by atoms with Crippen LogP contribution in [0, 0.1) is 22.6 Å². The van der Waals surface area contributed by atoms with E-state index in [1.807, 2.05) is 0 Å². The van der Waals surface area contributed by atoms with Crippen molar-refractivity contribution in [1.82, 2.24) is 14.8 Å². The molecule has 0 spiro atoms. The summed E-state index contributed by atoms with van der Waals surface area (Å²) in [5, 5.41) is 24.8. The summed E-state index contributed by atoms with van der Waals surface area (Å²) in [5.74, 6) is 0.271. The molecular formula is C16H17FN4O. The molecule has 6 heteroatoms. The first kappa shape index (κ1) is 14.7. The molecule has 114 valence electrons. The maximum Gasteiger partial charge on any atom is 0.178 e. The molecule has 1 aromatic carbocycles. The summed E-state index contributed by atoms with van der Waals surface area (Å²) in [7, 11) is 0. The summed E-state index contributed by atoms with van der Waals surface area (Å²) in [6, 6.07) is 7.99. The van der Waals surface area contributed by atoms with Gasteiger partial charge in [-0.05, 0) is 44.4 Å². The average Bonchev–Trinajstić information content (AvgIpc) is 3.10. The molecule has 0 aliphatic carbocycles. The Morgan fingerprint density at radius 3 is 2.55 bits per heavy atom. The van der Waals surface area contributed by atoms with E-state index in [4.69, 9.17) is 0 Å². The molecule has 3 heterocycles. The minimum absolute atomic E-state index is 0.290. The number of rotatable bonds is 5. The first-order chi connectivity index (χ1) is 10.4. The minimum Gasteiger partial charge on any atom is -0.385 e. The first-order valence-electron chi connectivity index (χ1n) is 7.16. The molecule has 2 aliphatic heterocycles. The van der Waals surface area contributed by atoms with Gasteiger partial charge in [0.05, 0.1) is 11.5 Å². The van der Waals surface area contributed by atoms with Crippen molar-refractivity contribution in [3.8, 4) is 6.07 Å². The molecule has 2 aromatic rings. The van der Waals surface area contributed by atoms with E-state index >= 15 is 0 Å². The number of halogens is 1. The number of aromatic nitrogens is 3. The molecule has 2 unspecified atom stereocenters. The molecule has 4 rings (SSSR count). The van der Waals surface area contributed by atoms with Gasteiger partial charge in [0, 0.05) is 0 Å². The number of nitriles is 1. The molecule has 2 atom stereocenters. The van der Waals surface area contributed by atoms with Crippen LogP contribution in [0.5, 0.6) is 0 Å². The van der Waals surface area contributed by atoms with Gasteiger partial charge in [0.25, 0.3) is 0 Å². The quantitative estimate of drug-likeness (QED) is 0.919. The van der Waals surface area contributed by atoms with Crippen molar-refractivity contribution in [1.29, 1.82) is 5.26 Å². The molecule has 2 aliphatic rings. The molecule has 1 N–H and O–H groups in total. The van der Waals surface area contributed by atoms with Gasteiger partial charge >= 0.3 is 0 Å². The van der Waals surface area contributed by atoms with Crippen LogP contribution < -0.4 is 0 Å². The third-order valence-corrected chi connectivity index (χ3v) is 4.56. The smallest absolute Gasteiger partial charge is 0.178 e. The lowest BCUT2D eigenvalue weighted by Gasteiger charge is -2.44. The number of hydrogen-bond donors (Lipinski definition) is 1. The SMILES string of the molecule is CC(C)(C#N)C(O)(CCc1ccc(F)cc1)C1c2ncn1n2. The highest BCUT2D eigenvalue weighted by atomic mass is 19.1. The van der Waals surface area contributed by atoms with Crippen LogP contribution in [0.3, 0.4) is 0 Å². The van der Waals surface area contributed by atoms with E-state index in [1.165, 1.54) is 12.1 Å². The molecule has 22 heavy (non-hydrogen) atoms. The highest BCUT2D eigenvalue weighted by Gasteiger charge is 2.55. The number of fused-ring (bicyclic) bond motifs is 1. The topological polar surface area (TPSA) is 74.7 Å². The standard InChI is InChI=1S/C16H17FN4O/c1-15(2,9-18)16(22,13-14-19-10-21(13)20-14)8-7-11-3-5-12(17)6-4-11/h3-6,10,13,22H,7-8H2,1-2H3. The summed E-state index contributed by atoms with van der Waals surface area (Å²) in [4.78, 5) is 4.10. The maximum atomic E-state index is 13.0. The van der Waals surface area contributed by atoms with Crippen molar-refractivity contribution in [2.24, 2.45) is 5.41 Å². The van der Waals surface area contributed by atoms with Crippen LogP contribution in [0.15, 0.2) is 30.6 Å². The maximum absolute atomic E-state index is 13.0. The Morgan fingerprint density at radius 1 is 1.36 bits per heavy atom. The number of aryl methyl sites for hydroxylation is 1. The molecular weight excluding hydrogens is 283 g/mol. The zero-order valence-corrected chi connectivity index (χ0v) is 12.5. The zero-order valence-electron chi connectivity index (χ0n) is 12.5. The predicted octanol–water partition coefficient (Wildman–Crippen LogP) is 2.23. The van der Waals surface area contributed by atoms with Gasteiger partial charge in [0.15, 0.2) is 5.82 Å². The number of aliphatic hydroxyl groups is 1. The zero-order chi connectivity index (χ0) is 16.0. The lowest BCUT2D eigenvalue weighted by Crippen LogP contribution is -2.54. The van der Waals surface area contributed by atoms with E-state index in [1.54, 1.807) is 37.0 Å². The normalized spacial score (nSPS) is 19.1. The summed E-state index contributed by atoms with van der Waals surface area (Å²) < 4.78 is 14.6. The van der Waals surface area contributed by atoms with Crippen LogP contribution in [0.1, 0.15) is 37.7 Å². The second-order valence-corrected chi connectivity index (χ2v) is 6.27. The van der Waals surface area contributed by atoms with Gasteiger partial charge < -0.3 is 5.11 Å². The van der Waals surface area contributed by atoms with E-state index in [9.17, 15) is 14.8 Å². The minimum atomic E-state index is -1.29. The van der Waals surface area contributed by atoms with E-state index in [-0.39, 0.29) is 11.9 Å². The molecule has 2 bridgehead atoms. The molecule has 5 nitrogen and oxygen atoms in total. The van der Waals surface area contributed by atoms with E-state index in [0.29, 0.717) is 18.7 Å². The first-order valence-corrected chi connectivity index (χ1v) is 7.16. The lowest BCUT2D eigenvalue weighted by molar-refractivity contribution is -0.0892. The van der Waals surface area contributed by atoms with Crippen molar-refractivity contribution >= 4 is 0 Å². The largest absolute Gasteiger partial charge is 0.385 e. The van der Waals surface area contributed by atoms with Gasteiger partial charge in [-0.3, -0.25) is 0 Å². The van der Waals surface area contributed by atoms with Crippen LogP contribution in [0.2, 0.25) is 0 Å². The second kappa shape index (κ2) is 4.89. The summed E-state index contributed by atoms with van der Waals surface area (Å²) in [6.45, 7) is 3.44. The van der Waals surface area contributed by atoms with Gasteiger partial charge in [-0.25, -0.2) is 14.1 Å². The van der Waals surface area contributed by atoms with Crippen molar-refractivity contribution in [3.63, 3.8) is 0 Å². The Kier molecular flexibility index (Phi) is 3.26. The van der Waals surface area contributed by atoms with E-state index in [2.05, 4.69) is 16.2 Å². The molecule has 0 radical (unpaired) electrons. The van der Waals surface area contributed by atoms with Crippen molar-refractivity contribution in [2.45, 2.75) is 38.3 Å². The summed E-state index contributed by atoms with van der Waals surface area (Å²) >= 11 is 0. The number of hydrogen-bond acceptors (Lipinski definition) is 4. The van der Waals surface area contributed by atoms with Crippen molar-refractivity contribution in [3.05, 3.63) is 47.8 Å². The van der Waals surface area contributed by atoms with Gasteiger partial charge in [0.2, 0.25) is 0 Å². The Balaban J connectivity index is 1.84.